The van der Waals surface area contributed by atoms with E-state index >= 15 is 0 Å². The van der Waals surface area contributed by atoms with Crippen LogP contribution in [0.1, 0.15) is 20.7 Å². The third-order valence-corrected chi connectivity index (χ3v) is 6.48. The average Bonchev–Trinajstić information content (AvgIpc) is 2.99. The smallest absolute Gasteiger partial charge is 0.343 e. The third-order valence-electron chi connectivity index (χ3n) is 5.97. The van der Waals surface area contributed by atoms with E-state index < -0.39 is 11.9 Å². The molecular weight excluding hydrogens is 575 g/mol. The highest BCUT2D eigenvalue weighted by Crippen LogP contribution is 2.27. The Morgan fingerprint density at radius 3 is 1.29 bits per heavy atom. The lowest BCUT2D eigenvalue weighted by molar-refractivity contribution is 0.0727. The average molecular weight is 597 g/mol. The molecule has 0 aliphatic carbocycles. The number of rotatable bonds is 4. The largest absolute Gasteiger partial charge is 0.421 e. The Balaban J connectivity index is 0.000000168. The van der Waals surface area contributed by atoms with Crippen molar-refractivity contribution < 1.29 is 19.1 Å². The minimum atomic E-state index is -0.469. The Kier molecular flexibility index (Phi) is 8.47. The molecule has 0 fully saturated rings. The molecule has 0 amide bonds. The number of esters is 2. The molecule has 2 aromatic heterocycles. The number of para-hydroxylation sites is 2. The number of halogens is 2. The highest BCUT2D eigenvalue weighted by atomic mass is 35.5. The van der Waals surface area contributed by atoms with Crippen LogP contribution in [0.25, 0.3) is 21.8 Å². The first-order chi connectivity index (χ1) is 20.3. The van der Waals surface area contributed by atoms with E-state index in [4.69, 9.17) is 44.1 Å². The van der Waals surface area contributed by atoms with Crippen LogP contribution in [-0.4, -0.2) is 21.9 Å². The molecule has 0 saturated heterocycles. The molecule has 208 valence electrons. The van der Waals surface area contributed by atoms with Crippen molar-refractivity contribution in [2.75, 3.05) is 11.5 Å². The van der Waals surface area contributed by atoms with Gasteiger partial charge in [-0.2, -0.15) is 0 Å². The standard InChI is InChI=1S/2C16H11ClN2O2/c2*17-12-7-4-11(5-8-12)16(20)21-13-3-1-2-10-6-9-14(18)19-15(10)13/h2*1-9H,(H2,18,19). The number of nitrogens with two attached hydrogens (primary N) is 2. The predicted molar refractivity (Wildman–Crippen MR) is 165 cm³/mol. The van der Waals surface area contributed by atoms with Crippen LogP contribution in [0, 0.1) is 0 Å². The molecule has 6 rings (SSSR count). The van der Waals surface area contributed by atoms with Gasteiger partial charge < -0.3 is 20.9 Å². The molecule has 0 aliphatic rings. The number of fused-ring (bicyclic) bond motifs is 2. The fourth-order valence-corrected chi connectivity index (χ4v) is 4.18. The molecule has 0 unspecified atom stereocenters. The molecule has 0 aliphatic heterocycles. The number of nitrogen functional groups attached to an aromatic ring is 2. The van der Waals surface area contributed by atoms with E-state index in [1.165, 1.54) is 0 Å². The summed E-state index contributed by atoms with van der Waals surface area (Å²) >= 11 is 11.6. The second-order valence-corrected chi connectivity index (χ2v) is 9.79. The van der Waals surface area contributed by atoms with Crippen LogP contribution in [0.4, 0.5) is 11.6 Å². The minimum absolute atomic E-state index is 0.373. The highest BCUT2D eigenvalue weighted by molar-refractivity contribution is 6.31. The van der Waals surface area contributed by atoms with Crippen molar-refractivity contribution in [3.8, 4) is 11.5 Å². The van der Waals surface area contributed by atoms with Crippen LogP contribution in [0.3, 0.4) is 0 Å². The molecular formula is C32H22Cl2N4O4. The molecule has 4 aromatic carbocycles. The molecule has 10 heteroatoms. The zero-order valence-corrected chi connectivity index (χ0v) is 23.3. The molecule has 4 N–H and O–H groups in total. The highest BCUT2D eigenvalue weighted by Gasteiger charge is 2.13. The van der Waals surface area contributed by atoms with E-state index in [1.807, 2.05) is 24.3 Å². The lowest BCUT2D eigenvalue weighted by Crippen LogP contribution is -2.09. The van der Waals surface area contributed by atoms with Crippen LogP contribution >= 0.6 is 23.2 Å². The zero-order valence-electron chi connectivity index (χ0n) is 21.8. The van der Waals surface area contributed by atoms with Crippen LogP contribution in [0.5, 0.6) is 11.5 Å². The number of ether oxygens (including phenoxy) is 2. The summed E-state index contributed by atoms with van der Waals surface area (Å²) in [6.07, 6.45) is 0. The van der Waals surface area contributed by atoms with E-state index in [9.17, 15) is 9.59 Å². The van der Waals surface area contributed by atoms with Gasteiger partial charge in [-0.3, -0.25) is 0 Å². The van der Waals surface area contributed by atoms with E-state index in [0.717, 1.165) is 10.8 Å². The summed E-state index contributed by atoms with van der Waals surface area (Å²) in [5.41, 5.74) is 13.3. The molecule has 0 atom stereocenters. The number of nitrogens with zero attached hydrogens (tertiary/aromatic N) is 2. The maximum absolute atomic E-state index is 12.1. The van der Waals surface area contributed by atoms with Gasteiger partial charge in [0.1, 0.15) is 22.7 Å². The van der Waals surface area contributed by atoms with Crippen molar-refractivity contribution in [1.29, 1.82) is 0 Å². The van der Waals surface area contributed by atoms with Gasteiger partial charge in [-0.1, -0.05) is 47.5 Å². The second-order valence-electron chi connectivity index (χ2n) is 8.92. The molecule has 0 saturated carbocycles. The Bertz CT molecular complexity index is 1770. The predicted octanol–water partition coefficient (Wildman–Crippen LogP) is 7.38. The van der Waals surface area contributed by atoms with Crippen LogP contribution < -0.4 is 20.9 Å². The summed E-state index contributed by atoms with van der Waals surface area (Å²) < 4.78 is 10.8. The maximum atomic E-state index is 12.1. The maximum Gasteiger partial charge on any atom is 0.343 e. The lowest BCUT2D eigenvalue weighted by Gasteiger charge is -2.07. The van der Waals surface area contributed by atoms with Gasteiger partial charge in [0.2, 0.25) is 0 Å². The molecule has 0 radical (unpaired) electrons. The van der Waals surface area contributed by atoms with Crippen molar-refractivity contribution in [3.05, 3.63) is 130 Å². The lowest BCUT2D eigenvalue weighted by atomic mass is 10.2. The molecule has 0 bridgehead atoms. The summed E-state index contributed by atoms with van der Waals surface area (Å²) in [6, 6.07) is 30.8. The number of aromatic nitrogens is 2. The fraction of sp³-hybridized carbons (Fsp3) is 0. The second kappa shape index (κ2) is 12.6. The van der Waals surface area contributed by atoms with Crippen LogP contribution in [0.15, 0.2) is 109 Å². The summed E-state index contributed by atoms with van der Waals surface area (Å²) in [5.74, 6) is 0.557. The molecule has 8 nitrogen and oxygen atoms in total. The number of hydrogen-bond donors (Lipinski definition) is 2. The summed E-state index contributed by atoms with van der Waals surface area (Å²) in [6.45, 7) is 0. The van der Waals surface area contributed by atoms with Gasteiger partial charge in [-0.05, 0) is 84.9 Å². The number of carbonyl (C=O) groups is 2. The number of anilines is 2. The number of pyridine rings is 2. The van der Waals surface area contributed by atoms with Crippen molar-refractivity contribution in [1.82, 2.24) is 9.97 Å². The van der Waals surface area contributed by atoms with Crippen molar-refractivity contribution in [2.24, 2.45) is 0 Å². The fourth-order valence-electron chi connectivity index (χ4n) is 3.92. The van der Waals surface area contributed by atoms with E-state index in [1.54, 1.807) is 84.9 Å². The third kappa shape index (κ3) is 6.75. The number of carbonyl (C=O) groups excluding carboxylic acids is 2. The van der Waals surface area contributed by atoms with Gasteiger partial charge >= 0.3 is 11.9 Å². The first-order valence-electron chi connectivity index (χ1n) is 12.5. The number of hydrogen-bond acceptors (Lipinski definition) is 8. The first-order valence-corrected chi connectivity index (χ1v) is 13.3. The summed E-state index contributed by atoms with van der Waals surface area (Å²) in [4.78, 5) is 32.7. The molecule has 6 aromatic rings. The van der Waals surface area contributed by atoms with Crippen LogP contribution in [-0.2, 0) is 0 Å². The Labute approximate surface area is 250 Å². The Morgan fingerprint density at radius 1 is 0.524 bits per heavy atom. The van der Waals surface area contributed by atoms with Crippen molar-refractivity contribution in [2.45, 2.75) is 0 Å². The molecule has 42 heavy (non-hydrogen) atoms. The van der Waals surface area contributed by atoms with Crippen molar-refractivity contribution >= 4 is 68.6 Å². The first kappa shape index (κ1) is 28.4. The molecule has 2 heterocycles. The van der Waals surface area contributed by atoms with Crippen LogP contribution in [0.2, 0.25) is 10.0 Å². The summed E-state index contributed by atoms with van der Waals surface area (Å²) in [5, 5.41) is 2.83. The van der Waals surface area contributed by atoms with Gasteiger partial charge in [0.15, 0.2) is 11.5 Å². The quantitative estimate of drug-likeness (QED) is 0.159. The minimum Gasteiger partial charge on any atom is -0.421 e. The van der Waals surface area contributed by atoms with Gasteiger partial charge in [0, 0.05) is 20.8 Å². The van der Waals surface area contributed by atoms with Gasteiger partial charge in [-0.25, -0.2) is 19.6 Å². The zero-order chi connectivity index (χ0) is 29.6. The van der Waals surface area contributed by atoms with Crippen molar-refractivity contribution in [3.63, 3.8) is 0 Å². The monoisotopic (exact) mass is 596 g/mol. The Morgan fingerprint density at radius 2 is 0.905 bits per heavy atom. The summed E-state index contributed by atoms with van der Waals surface area (Å²) in [7, 11) is 0. The van der Waals surface area contributed by atoms with Gasteiger partial charge in [-0.15, -0.1) is 0 Å². The van der Waals surface area contributed by atoms with E-state index in [-0.39, 0.29) is 0 Å². The normalized spacial score (nSPS) is 10.5. The van der Waals surface area contributed by atoms with Gasteiger partial charge in [0.25, 0.3) is 0 Å². The SMILES string of the molecule is Nc1ccc2cccc(OC(=O)c3ccc(Cl)cc3)c2n1.Nc1ccc2cccc(OC(=O)c3ccc(Cl)cc3)c2n1. The van der Waals surface area contributed by atoms with E-state index in [2.05, 4.69) is 9.97 Å². The van der Waals surface area contributed by atoms with Gasteiger partial charge in [0.05, 0.1) is 11.1 Å². The Hall–Kier alpha value is -5.18. The van der Waals surface area contributed by atoms with E-state index in [0.29, 0.717) is 55.3 Å². The molecule has 0 spiro atoms. The number of benzene rings is 4. The topological polar surface area (TPSA) is 130 Å².